The third kappa shape index (κ3) is 3.34. The van der Waals surface area contributed by atoms with Crippen molar-refractivity contribution < 1.29 is 9.90 Å². The summed E-state index contributed by atoms with van der Waals surface area (Å²) in [5.74, 6) is -0.0484. The lowest BCUT2D eigenvalue weighted by atomic mass is 10.1. The first-order valence-electron chi connectivity index (χ1n) is 8.21. The minimum absolute atomic E-state index is 0.0857. The van der Waals surface area contributed by atoms with Crippen LogP contribution in [-0.4, -0.2) is 21.8 Å². The average Bonchev–Trinajstić information content (AvgIpc) is 3.17. The van der Waals surface area contributed by atoms with Crippen LogP contribution in [0, 0.1) is 3.95 Å². The van der Waals surface area contributed by atoms with Crippen LogP contribution in [0.3, 0.4) is 0 Å². The molecule has 0 radical (unpaired) electrons. The normalized spacial score (nSPS) is 13.7. The van der Waals surface area contributed by atoms with Gasteiger partial charge in [-0.3, -0.25) is 14.4 Å². The summed E-state index contributed by atoms with van der Waals surface area (Å²) in [5, 5.41) is 13.5. The van der Waals surface area contributed by atoms with E-state index in [-0.39, 0.29) is 11.8 Å². The number of allylic oxidation sites excluding steroid dienone is 1. The lowest BCUT2D eigenvalue weighted by Crippen LogP contribution is -2.05. The number of anilines is 1. The number of fused-ring (bicyclic) bond motifs is 1. The Kier molecular flexibility index (Phi) is 4.47. The van der Waals surface area contributed by atoms with Crippen LogP contribution in [0.4, 0.5) is 11.4 Å². The molecule has 134 valence electrons. The number of nitrogens with zero attached hydrogens (tertiary/aromatic N) is 2. The Bertz CT molecular complexity index is 1150. The molecule has 1 aliphatic heterocycles. The van der Waals surface area contributed by atoms with E-state index in [0.29, 0.717) is 14.5 Å². The van der Waals surface area contributed by atoms with Crippen LogP contribution < -0.4 is 5.32 Å². The van der Waals surface area contributed by atoms with Crippen molar-refractivity contribution in [3.8, 4) is 11.6 Å². The van der Waals surface area contributed by atoms with Crippen molar-refractivity contribution in [1.82, 2.24) is 4.57 Å². The molecule has 0 saturated carbocycles. The van der Waals surface area contributed by atoms with E-state index in [1.54, 1.807) is 35.0 Å². The quantitative estimate of drug-likeness (QED) is 0.602. The van der Waals surface area contributed by atoms with Gasteiger partial charge in [-0.05, 0) is 48.6 Å². The standard InChI is InChI=1S/C20H15N3O2S2/c1-12(24)22-14-6-8-15(9-7-14)23-19(25)18(27-20(23)26)10-13-11-21-17-5-3-2-4-16(13)17/h2-11,25H,1H3,(H,22,24). The number of aromatic hydroxyl groups is 1. The highest BCUT2D eigenvalue weighted by Crippen LogP contribution is 2.36. The van der Waals surface area contributed by atoms with E-state index in [1.165, 1.54) is 18.3 Å². The summed E-state index contributed by atoms with van der Waals surface area (Å²) in [4.78, 5) is 16.2. The molecule has 1 aromatic heterocycles. The maximum atomic E-state index is 11.1. The van der Waals surface area contributed by atoms with Crippen molar-refractivity contribution in [2.24, 2.45) is 4.99 Å². The lowest BCUT2D eigenvalue weighted by Gasteiger charge is -2.07. The number of carbonyl (C=O) groups excluding carboxylic acids is 1. The number of benzene rings is 2. The van der Waals surface area contributed by atoms with Gasteiger partial charge in [-0.15, -0.1) is 11.3 Å². The van der Waals surface area contributed by atoms with Crippen molar-refractivity contribution >= 4 is 58.7 Å². The zero-order valence-corrected chi connectivity index (χ0v) is 16.0. The van der Waals surface area contributed by atoms with Crippen molar-refractivity contribution in [1.29, 1.82) is 0 Å². The summed E-state index contributed by atoms with van der Waals surface area (Å²) in [6, 6.07) is 15.0. The molecule has 2 N–H and O–H groups in total. The highest BCUT2D eigenvalue weighted by atomic mass is 32.1. The Balaban J connectivity index is 1.71. The van der Waals surface area contributed by atoms with Gasteiger partial charge >= 0.3 is 0 Å². The lowest BCUT2D eigenvalue weighted by molar-refractivity contribution is -0.114. The Morgan fingerprint density at radius 3 is 2.70 bits per heavy atom. The maximum Gasteiger partial charge on any atom is 0.221 e. The predicted molar refractivity (Wildman–Crippen MR) is 113 cm³/mol. The smallest absolute Gasteiger partial charge is 0.221 e. The molecular weight excluding hydrogens is 378 g/mol. The van der Waals surface area contributed by atoms with Gasteiger partial charge in [0.05, 0.1) is 16.3 Å². The fourth-order valence-electron chi connectivity index (χ4n) is 2.90. The molecule has 7 heteroatoms. The number of hydrogen-bond acceptors (Lipinski definition) is 5. The van der Waals surface area contributed by atoms with Gasteiger partial charge in [0.2, 0.25) is 11.8 Å². The first-order chi connectivity index (χ1) is 13.0. The molecule has 0 unspecified atom stereocenters. The van der Waals surface area contributed by atoms with Gasteiger partial charge in [0.1, 0.15) is 0 Å². The molecule has 0 saturated heterocycles. The molecule has 0 spiro atoms. The molecule has 0 aliphatic carbocycles. The molecule has 0 atom stereocenters. The Morgan fingerprint density at radius 1 is 1.22 bits per heavy atom. The van der Waals surface area contributed by atoms with Crippen LogP contribution in [-0.2, 0) is 4.79 Å². The van der Waals surface area contributed by atoms with E-state index in [9.17, 15) is 9.90 Å². The van der Waals surface area contributed by atoms with Crippen molar-refractivity contribution in [2.45, 2.75) is 6.92 Å². The van der Waals surface area contributed by atoms with Gasteiger partial charge in [0.25, 0.3) is 0 Å². The highest BCUT2D eigenvalue weighted by molar-refractivity contribution is 7.73. The van der Waals surface area contributed by atoms with Crippen LogP contribution in [0.2, 0.25) is 0 Å². The molecule has 5 nitrogen and oxygen atoms in total. The number of para-hydroxylation sites is 1. The summed E-state index contributed by atoms with van der Waals surface area (Å²) < 4.78 is 2.15. The van der Waals surface area contributed by atoms with Gasteiger partial charge in [0.15, 0.2) is 3.95 Å². The Labute approximate surface area is 165 Å². The molecule has 27 heavy (non-hydrogen) atoms. The summed E-state index contributed by atoms with van der Waals surface area (Å²) in [7, 11) is 0. The van der Waals surface area contributed by atoms with Crippen molar-refractivity contribution in [2.75, 3.05) is 5.32 Å². The number of aliphatic imine (C=N–C) groups is 1. The van der Waals surface area contributed by atoms with E-state index in [1.807, 2.05) is 30.3 Å². The minimum atomic E-state index is -0.134. The Morgan fingerprint density at radius 2 is 1.96 bits per heavy atom. The molecular formula is C20H15N3O2S2. The average molecular weight is 393 g/mol. The second-order valence-electron chi connectivity index (χ2n) is 5.99. The molecule has 4 rings (SSSR count). The fourth-order valence-corrected chi connectivity index (χ4v) is 4.20. The second-order valence-corrected chi connectivity index (χ2v) is 7.67. The van der Waals surface area contributed by atoms with E-state index < -0.39 is 0 Å². The largest absolute Gasteiger partial charge is 0.493 e. The van der Waals surface area contributed by atoms with Crippen molar-refractivity contribution in [3.05, 3.63) is 62.9 Å². The maximum absolute atomic E-state index is 11.1. The molecule has 3 aromatic rings. The van der Waals surface area contributed by atoms with E-state index in [2.05, 4.69) is 10.3 Å². The third-order valence-corrected chi connectivity index (χ3v) is 5.41. The van der Waals surface area contributed by atoms with Gasteiger partial charge in [-0.25, -0.2) is 0 Å². The Hall–Kier alpha value is -3.03. The molecule has 2 heterocycles. The van der Waals surface area contributed by atoms with Gasteiger partial charge in [0, 0.05) is 30.0 Å². The van der Waals surface area contributed by atoms with Crippen molar-refractivity contribution in [3.63, 3.8) is 0 Å². The first-order valence-corrected chi connectivity index (χ1v) is 9.43. The molecule has 0 bridgehead atoms. The predicted octanol–water partition coefficient (Wildman–Crippen LogP) is 5.19. The van der Waals surface area contributed by atoms with Crippen LogP contribution in [0.15, 0.2) is 53.5 Å². The summed E-state index contributed by atoms with van der Waals surface area (Å²) >= 11 is 6.78. The van der Waals surface area contributed by atoms with Crippen LogP contribution in [0.25, 0.3) is 17.3 Å². The number of rotatable bonds is 3. The number of hydrogen-bond donors (Lipinski definition) is 2. The van der Waals surface area contributed by atoms with E-state index in [0.717, 1.165) is 22.5 Å². The van der Waals surface area contributed by atoms with Crippen LogP contribution >= 0.6 is 23.6 Å². The van der Waals surface area contributed by atoms with Gasteiger partial charge in [-0.2, -0.15) is 0 Å². The van der Waals surface area contributed by atoms with E-state index in [4.69, 9.17) is 12.2 Å². The summed E-state index contributed by atoms with van der Waals surface area (Å²) in [5.41, 5.74) is 4.30. The number of amides is 1. The van der Waals surface area contributed by atoms with Crippen LogP contribution in [0.1, 0.15) is 17.4 Å². The fraction of sp³-hybridized carbons (Fsp3) is 0.0500. The molecule has 2 aromatic carbocycles. The number of aromatic nitrogens is 1. The molecule has 1 amide bonds. The monoisotopic (exact) mass is 393 g/mol. The summed E-state index contributed by atoms with van der Waals surface area (Å²) in [6.07, 6.45) is 3.69. The molecule has 0 fully saturated rings. The van der Waals surface area contributed by atoms with Gasteiger partial charge in [-0.1, -0.05) is 18.2 Å². The number of nitrogens with one attached hydrogen (secondary N) is 1. The van der Waals surface area contributed by atoms with Gasteiger partial charge < -0.3 is 10.4 Å². The topological polar surface area (TPSA) is 66.6 Å². The SMILES string of the molecule is CC(=O)Nc1ccc(-n2c(O)c(C=C3C=Nc4ccccc43)sc2=S)cc1. The summed E-state index contributed by atoms with van der Waals surface area (Å²) in [6.45, 7) is 1.46. The number of thiazole rings is 1. The number of carbonyl (C=O) groups is 1. The zero-order valence-electron chi connectivity index (χ0n) is 14.3. The van der Waals surface area contributed by atoms with E-state index >= 15 is 0 Å². The first kappa shape index (κ1) is 17.4. The molecule has 1 aliphatic rings. The van der Waals surface area contributed by atoms with Crippen LogP contribution in [0.5, 0.6) is 5.88 Å². The minimum Gasteiger partial charge on any atom is -0.493 e. The second kappa shape index (κ2) is 6.94. The highest BCUT2D eigenvalue weighted by Gasteiger charge is 2.16. The third-order valence-electron chi connectivity index (χ3n) is 4.10. The zero-order chi connectivity index (χ0) is 19.0.